The summed E-state index contributed by atoms with van der Waals surface area (Å²) >= 11 is 0. The number of amides is 1. The van der Waals surface area contributed by atoms with Crippen LogP contribution in [0.25, 0.3) is 11.0 Å². The van der Waals surface area contributed by atoms with E-state index < -0.39 is 6.10 Å². The fraction of sp³-hybridized carbons (Fsp3) is 0.310. The van der Waals surface area contributed by atoms with Crippen LogP contribution in [0.3, 0.4) is 0 Å². The standard InChI is InChI=1S/C29H31N3O3/c1-19-12-20(2)14-24(13-19)35-18-23(33)17-32-27-11-7-5-9-25(27)30-29(32)22-15-28(34)31(16-22)26-10-6-4-8-21(26)3/h4-14,22-23,33H,15-18H2,1-3H3/t22-,23-/m1/s1. The van der Waals surface area contributed by atoms with Gasteiger partial charge in [-0.25, -0.2) is 4.98 Å². The molecule has 6 heteroatoms. The molecule has 5 rings (SSSR count). The van der Waals surface area contributed by atoms with Gasteiger partial charge in [-0.2, -0.15) is 0 Å². The number of aliphatic hydroxyl groups is 1. The summed E-state index contributed by atoms with van der Waals surface area (Å²) in [5, 5.41) is 10.9. The van der Waals surface area contributed by atoms with Crippen molar-refractivity contribution in [2.45, 2.75) is 45.8 Å². The number of imidazole rings is 1. The van der Waals surface area contributed by atoms with Crippen LogP contribution in [-0.2, 0) is 11.3 Å². The molecule has 0 aliphatic carbocycles. The Hall–Kier alpha value is -3.64. The van der Waals surface area contributed by atoms with E-state index in [1.165, 1.54) is 0 Å². The molecule has 1 aromatic heterocycles. The lowest BCUT2D eigenvalue weighted by Crippen LogP contribution is -2.27. The summed E-state index contributed by atoms with van der Waals surface area (Å²) in [5.41, 5.74) is 6.10. The van der Waals surface area contributed by atoms with Gasteiger partial charge in [0.15, 0.2) is 0 Å². The second-order valence-corrected chi connectivity index (χ2v) is 9.55. The number of carbonyl (C=O) groups excluding carboxylic acids is 1. The topological polar surface area (TPSA) is 67.6 Å². The van der Waals surface area contributed by atoms with Gasteiger partial charge in [-0.15, -0.1) is 0 Å². The SMILES string of the molecule is Cc1cc(C)cc(OC[C@H](O)Cn2c([C@@H]3CC(=O)N(c4ccccc4C)C3)nc3ccccc32)c1. The van der Waals surface area contributed by atoms with Gasteiger partial charge in [-0.1, -0.05) is 36.4 Å². The van der Waals surface area contributed by atoms with Crippen molar-refractivity contribution in [3.05, 3.63) is 89.2 Å². The molecule has 0 unspecified atom stereocenters. The molecule has 0 radical (unpaired) electrons. The molecule has 3 aromatic carbocycles. The number of benzene rings is 3. The van der Waals surface area contributed by atoms with Crippen molar-refractivity contribution in [3.8, 4) is 5.75 Å². The van der Waals surface area contributed by atoms with Crippen LogP contribution in [-0.4, -0.2) is 39.8 Å². The van der Waals surface area contributed by atoms with Crippen molar-refractivity contribution in [1.29, 1.82) is 0 Å². The van der Waals surface area contributed by atoms with Crippen LogP contribution in [0.15, 0.2) is 66.7 Å². The molecular formula is C29H31N3O3. The normalized spacial score (nSPS) is 16.7. The number of hydrogen-bond donors (Lipinski definition) is 1. The van der Waals surface area contributed by atoms with E-state index in [4.69, 9.17) is 9.72 Å². The van der Waals surface area contributed by atoms with Gasteiger partial charge in [0.2, 0.25) is 5.91 Å². The molecule has 4 aromatic rings. The van der Waals surface area contributed by atoms with Crippen molar-refractivity contribution in [1.82, 2.24) is 9.55 Å². The van der Waals surface area contributed by atoms with Crippen molar-refractivity contribution in [2.75, 3.05) is 18.1 Å². The Kier molecular flexibility index (Phi) is 6.31. The van der Waals surface area contributed by atoms with E-state index in [0.717, 1.165) is 45.0 Å². The Bertz CT molecular complexity index is 1360. The maximum Gasteiger partial charge on any atom is 0.227 e. The largest absolute Gasteiger partial charge is 0.491 e. The highest BCUT2D eigenvalue weighted by atomic mass is 16.5. The predicted molar refractivity (Wildman–Crippen MR) is 138 cm³/mol. The zero-order chi connectivity index (χ0) is 24.5. The van der Waals surface area contributed by atoms with Gasteiger partial charge in [0.1, 0.15) is 24.3 Å². The molecule has 180 valence electrons. The Morgan fingerprint density at radius 3 is 2.51 bits per heavy atom. The quantitative estimate of drug-likeness (QED) is 0.417. The summed E-state index contributed by atoms with van der Waals surface area (Å²) < 4.78 is 7.97. The van der Waals surface area contributed by atoms with E-state index in [-0.39, 0.29) is 18.4 Å². The van der Waals surface area contributed by atoms with E-state index in [9.17, 15) is 9.90 Å². The van der Waals surface area contributed by atoms with Crippen LogP contribution in [0.1, 0.15) is 34.9 Å². The number of hydrogen-bond acceptors (Lipinski definition) is 4. The van der Waals surface area contributed by atoms with Crippen LogP contribution in [0, 0.1) is 20.8 Å². The number of para-hydroxylation sites is 3. The van der Waals surface area contributed by atoms with Gasteiger partial charge < -0.3 is 19.3 Å². The van der Waals surface area contributed by atoms with E-state index in [2.05, 4.69) is 10.6 Å². The Balaban J connectivity index is 1.39. The van der Waals surface area contributed by atoms with Gasteiger partial charge in [-0.3, -0.25) is 4.79 Å². The number of fused-ring (bicyclic) bond motifs is 1. The molecule has 2 atom stereocenters. The fourth-order valence-corrected chi connectivity index (χ4v) is 5.05. The Morgan fingerprint density at radius 1 is 1.03 bits per heavy atom. The third-order valence-corrected chi connectivity index (χ3v) is 6.61. The average molecular weight is 470 g/mol. The van der Waals surface area contributed by atoms with Crippen LogP contribution < -0.4 is 9.64 Å². The summed E-state index contributed by atoms with van der Waals surface area (Å²) in [6.07, 6.45) is -0.330. The van der Waals surface area contributed by atoms with Gasteiger partial charge in [-0.05, 0) is 67.8 Å². The highest BCUT2D eigenvalue weighted by molar-refractivity contribution is 5.97. The molecule has 1 saturated heterocycles. The Labute approximate surface area is 205 Å². The number of aryl methyl sites for hydroxylation is 3. The fourth-order valence-electron chi connectivity index (χ4n) is 5.05. The smallest absolute Gasteiger partial charge is 0.227 e. The number of aromatic nitrogens is 2. The van der Waals surface area contributed by atoms with Crippen LogP contribution in [0.5, 0.6) is 5.75 Å². The summed E-state index contributed by atoms with van der Waals surface area (Å²) in [7, 11) is 0. The summed E-state index contributed by atoms with van der Waals surface area (Å²) in [6, 6.07) is 21.9. The van der Waals surface area contributed by atoms with E-state index in [1.54, 1.807) is 0 Å². The first-order chi connectivity index (χ1) is 16.9. The molecule has 1 N–H and O–H groups in total. The molecule has 1 fully saturated rings. The van der Waals surface area contributed by atoms with Gasteiger partial charge in [0, 0.05) is 24.6 Å². The summed E-state index contributed by atoms with van der Waals surface area (Å²) in [5.74, 6) is 1.64. The molecule has 2 heterocycles. The number of rotatable bonds is 7. The maximum atomic E-state index is 13.0. The summed E-state index contributed by atoms with van der Waals surface area (Å²) in [6.45, 7) is 7.18. The Morgan fingerprint density at radius 2 is 1.74 bits per heavy atom. The van der Waals surface area contributed by atoms with Gasteiger partial charge in [0.05, 0.1) is 17.6 Å². The molecule has 1 amide bonds. The minimum absolute atomic E-state index is 0.0537. The minimum Gasteiger partial charge on any atom is -0.491 e. The molecule has 0 bridgehead atoms. The van der Waals surface area contributed by atoms with Crippen molar-refractivity contribution in [3.63, 3.8) is 0 Å². The molecule has 6 nitrogen and oxygen atoms in total. The number of anilines is 1. The zero-order valence-electron chi connectivity index (χ0n) is 20.4. The van der Waals surface area contributed by atoms with Gasteiger partial charge in [0.25, 0.3) is 0 Å². The average Bonchev–Trinajstić information content (AvgIpc) is 3.38. The van der Waals surface area contributed by atoms with Crippen LogP contribution >= 0.6 is 0 Å². The van der Waals surface area contributed by atoms with Crippen molar-refractivity contribution < 1.29 is 14.6 Å². The monoisotopic (exact) mass is 469 g/mol. The van der Waals surface area contributed by atoms with Crippen molar-refractivity contribution >= 4 is 22.6 Å². The van der Waals surface area contributed by atoms with Crippen LogP contribution in [0.4, 0.5) is 5.69 Å². The second kappa shape index (κ2) is 9.55. The van der Waals surface area contributed by atoms with E-state index in [0.29, 0.717) is 19.5 Å². The number of nitrogens with zero attached hydrogens (tertiary/aromatic N) is 3. The number of aliphatic hydroxyl groups excluding tert-OH is 1. The minimum atomic E-state index is -0.725. The molecule has 35 heavy (non-hydrogen) atoms. The lowest BCUT2D eigenvalue weighted by atomic mass is 10.1. The third-order valence-electron chi connectivity index (χ3n) is 6.61. The maximum absolute atomic E-state index is 13.0. The first-order valence-electron chi connectivity index (χ1n) is 12.1. The first-order valence-corrected chi connectivity index (χ1v) is 12.1. The lowest BCUT2D eigenvalue weighted by molar-refractivity contribution is -0.117. The predicted octanol–water partition coefficient (Wildman–Crippen LogP) is 4.92. The van der Waals surface area contributed by atoms with E-state index in [1.807, 2.05) is 86.3 Å². The number of carbonyl (C=O) groups is 1. The molecule has 1 aliphatic rings. The zero-order valence-corrected chi connectivity index (χ0v) is 20.4. The molecule has 1 aliphatic heterocycles. The number of ether oxygens (including phenoxy) is 1. The van der Waals surface area contributed by atoms with E-state index >= 15 is 0 Å². The van der Waals surface area contributed by atoms with Crippen molar-refractivity contribution in [2.24, 2.45) is 0 Å². The van der Waals surface area contributed by atoms with Gasteiger partial charge >= 0.3 is 0 Å². The van der Waals surface area contributed by atoms with Crippen LogP contribution in [0.2, 0.25) is 0 Å². The molecular weight excluding hydrogens is 438 g/mol. The third kappa shape index (κ3) is 4.80. The molecule has 0 spiro atoms. The summed E-state index contributed by atoms with van der Waals surface area (Å²) in [4.78, 5) is 19.8. The molecule has 0 saturated carbocycles. The second-order valence-electron chi connectivity index (χ2n) is 9.55. The highest BCUT2D eigenvalue weighted by Crippen LogP contribution is 2.34. The lowest BCUT2D eigenvalue weighted by Gasteiger charge is -2.20. The first kappa shape index (κ1) is 23.1. The highest BCUT2D eigenvalue weighted by Gasteiger charge is 2.35.